The van der Waals surface area contributed by atoms with Crippen molar-refractivity contribution in [2.75, 3.05) is 12.0 Å². The lowest BCUT2D eigenvalue weighted by Crippen LogP contribution is -2.30. The molecule has 2 heterocycles. The Bertz CT molecular complexity index is 1630. The number of carboxylic acids is 1. The van der Waals surface area contributed by atoms with E-state index < -0.39 is 23.7 Å². The summed E-state index contributed by atoms with van der Waals surface area (Å²) >= 11 is 0. The number of aromatic nitrogens is 2. The fourth-order valence-electron chi connectivity index (χ4n) is 4.60. The van der Waals surface area contributed by atoms with Crippen LogP contribution in [-0.4, -0.2) is 45.0 Å². The summed E-state index contributed by atoms with van der Waals surface area (Å²) in [6.45, 7) is 3.72. The number of imidazole rings is 1. The standard InChI is InChI=1S/C28H23N3O6/c1-14-5-4-6-16(11-14)23-22(24(32)18-12-15(2)7-10-21(18)37-3)25(33)26(34)31(23)28-29-19-9-8-17(27(35)36)13-20(19)30-28/h4-13,23,32H,1-3H3,(H,29,30)(H,35,36)/b24-22+. The maximum Gasteiger partial charge on any atom is 0.335 e. The third-order valence-electron chi connectivity index (χ3n) is 6.36. The SMILES string of the molecule is COc1ccc(C)cc1/C(O)=C1\C(=O)C(=O)N(c2nc3ccc(C(=O)O)cc3[nH]2)C1c1cccc(C)c1. The smallest absolute Gasteiger partial charge is 0.335 e. The number of rotatable bonds is 5. The Morgan fingerprint density at radius 1 is 1.00 bits per heavy atom. The molecule has 1 aromatic heterocycles. The summed E-state index contributed by atoms with van der Waals surface area (Å²) in [4.78, 5) is 46.9. The Hall–Kier alpha value is -4.92. The van der Waals surface area contributed by atoms with Crippen LogP contribution in [0.1, 0.15) is 38.7 Å². The summed E-state index contributed by atoms with van der Waals surface area (Å²) in [5.41, 5.74) is 3.36. The van der Waals surface area contributed by atoms with Gasteiger partial charge < -0.3 is 19.9 Å². The number of aliphatic hydroxyl groups excluding tert-OH is 1. The lowest BCUT2D eigenvalue weighted by Gasteiger charge is -2.23. The summed E-state index contributed by atoms with van der Waals surface area (Å²) < 4.78 is 5.41. The number of Topliss-reactive ketones (excluding diaryl/α,β-unsaturated/α-hetero) is 1. The molecule has 1 amide bonds. The van der Waals surface area contributed by atoms with E-state index in [0.717, 1.165) is 11.1 Å². The van der Waals surface area contributed by atoms with Crippen LogP contribution in [0.3, 0.4) is 0 Å². The highest BCUT2D eigenvalue weighted by molar-refractivity contribution is 6.51. The van der Waals surface area contributed by atoms with Crippen molar-refractivity contribution in [2.24, 2.45) is 0 Å². The molecule has 1 atom stereocenters. The van der Waals surface area contributed by atoms with Crippen LogP contribution in [0.25, 0.3) is 16.8 Å². The zero-order valence-electron chi connectivity index (χ0n) is 20.3. The van der Waals surface area contributed by atoms with Gasteiger partial charge in [-0.1, -0.05) is 41.5 Å². The molecular formula is C28H23N3O6. The molecule has 0 bridgehead atoms. The van der Waals surface area contributed by atoms with Gasteiger partial charge in [-0.15, -0.1) is 0 Å². The molecule has 0 spiro atoms. The molecule has 0 aliphatic carbocycles. The van der Waals surface area contributed by atoms with Crippen molar-refractivity contribution in [1.29, 1.82) is 0 Å². The Morgan fingerprint density at radius 3 is 2.46 bits per heavy atom. The zero-order valence-corrected chi connectivity index (χ0v) is 20.3. The van der Waals surface area contributed by atoms with E-state index in [1.165, 1.54) is 30.2 Å². The van der Waals surface area contributed by atoms with E-state index in [1.807, 2.05) is 32.0 Å². The highest BCUT2D eigenvalue weighted by atomic mass is 16.5. The number of nitrogens with one attached hydrogen (secondary N) is 1. The number of hydrogen-bond acceptors (Lipinski definition) is 6. The summed E-state index contributed by atoms with van der Waals surface area (Å²) in [6, 6.07) is 15.8. The number of carboxylic acid groups (broad SMARTS) is 1. The molecule has 3 N–H and O–H groups in total. The lowest BCUT2D eigenvalue weighted by atomic mass is 9.94. The molecule has 9 heteroatoms. The first-order valence-electron chi connectivity index (χ1n) is 11.4. The second-order valence-electron chi connectivity index (χ2n) is 8.88. The quantitative estimate of drug-likeness (QED) is 0.210. The van der Waals surface area contributed by atoms with Gasteiger partial charge in [0.1, 0.15) is 11.5 Å². The minimum absolute atomic E-state index is 0.0477. The number of carbonyl (C=O) groups is 3. The number of hydrogen-bond donors (Lipinski definition) is 3. The third-order valence-corrected chi connectivity index (χ3v) is 6.36. The van der Waals surface area contributed by atoms with E-state index in [4.69, 9.17) is 4.74 Å². The zero-order chi connectivity index (χ0) is 26.4. The number of aromatic carboxylic acids is 1. The van der Waals surface area contributed by atoms with E-state index in [-0.39, 0.29) is 28.4 Å². The third kappa shape index (κ3) is 4.00. The number of methoxy groups -OCH3 is 1. The number of fused-ring (bicyclic) bond motifs is 1. The predicted molar refractivity (Wildman–Crippen MR) is 137 cm³/mol. The number of amides is 1. The van der Waals surface area contributed by atoms with Crippen molar-refractivity contribution in [3.8, 4) is 5.75 Å². The second-order valence-corrected chi connectivity index (χ2v) is 8.88. The van der Waals surface area contributed by atoms with Crippen molar-refractivity contribution in [3.63, 3.8) is 0 Å². The number of ketones is 1. The highest BCUT2D eigenvalue weighted by Gasteiger charge is 2.48. The molecule has 1 fully saturated rings. The lowest BCUT2D eigenvalue weighted by molar-refractivity contribution is -0.132. The Labute approximate surface area is 211 Å². The minimum Gasteiger partial charge on any atom is -0.507 e. The summed E-state index contributed by atoms with van der Waals surface area (Å²) in [5, 5.41) is 20.8. The average Bonchev–Trinajstić information content (AvgIpc) is 3.41. The topological polar surface area (TPSA) is 133 Å². The molecule has 3 aromatic carbocycles. The maximum atomic E-state index is 13.4. The molecule has 1 aliphatic rings. The molecule has 186 valence electrons. The predicted octanol–water partition coefficient (Wildman–Crippen LogP) is 4.51. The van der Waals surface area contributed by atoms with Gasteiger partial charge in [0.25, 0.3) is 5.78 Å². The van der Waals surface area contributed by atoms with Gasteiger partial charge in [-0.2, -0.15) is 0 Å². The van der Waals surface area contributed by atoms with Gasteiger partial charge in [0.05, 0.1) is 40.9 Å². The number of benzene rings is 3. The molecule has 1 saturated heterocycles. The Kier molecular flexibility index (Phi) is 5.75. The molecule has 37 heavy (non-hydrogen) atoms. The Balaban J connectivity index is 1.75. The fourth-order valence-corrected chi connectivity index (χ4v) is 4.60. The van der Waals surface area contributed by atoms with Gasteiger partial charge in [0.2, 0.25) is 5.95 Å². The van der Waals surface area contributed by atoms with Crippen LogP contribution in [0.15, 0.2) is 66.2 Å². The minimum atomic E-state index is -1.11. The normalized spacial score (nSPS) is 16.9. The number of aliphatic hydroxyl groups is 1. The maximum absolute atomic E-state index is 13.4. The molecule has 5 rings (SSSR count). The van der Waals surface area contributed by atoms with Gasteiger partial charge in [0, 0.05) is 0 Å². The molecular weight excluding hydrogens is 474 g/mol. The van der Waals surface area contributed by atoms with Gasteiger partial charge in [-0.05, 0) is 49.7 Å². The van der Waals surface area contributed by atoms with Crippen molar-refractivity contribution in [1.82, 2.24) is 9.97 Å². The van der Waals surface area contributed by atoms with E-state index in [0.29, 0.717) is 22.3 Å². The van der Waals surface area contributed by atoms with E-state index in [9.17, 15) is 24.6 Å². The number of aromatic amines is 1. The molecule has 0 saturated carbocycles. The van der Waals surface area contributed by atoms with Gasteiger partial charge >= 0.3 is 11.9 Å². The van der Waals surface area contributed by atoms with Crippen molar-refractivity contribution < 1.29 is 29.3 Å². The largest absolute Gasteiger partial charge is 0.507 e. The van der Waals surface area contributed by atoms with Gasteiger partial charge in [-0.3, -0.25) is 14.5 Å². The summed E-state index contributed by atoms with van der Waals surface area (Å²) in [7, 11) is 1.46. The van der Waals surface area contributed by atoms with E-state index >= 15 is 0 Å². The molecule has 1 unspecified atom stereocenters. The first-order valence-corrected chi connectivity index (χ1v) is 11.4. The number of aryl methyl sites for hydroxylation is 2. The van der Waals surface area contributed by atoms with Crippen molar-refractivity contribution >= 4 is 40.4 Å². The number of carbonyl (C=O) groups excluding carboxylic acids is 2. The van der Waals surface area contributed by atoms with Crippen LogP contribution in [0.2, 0.25) is 0 Å². The van der Waals surface area contributed by atoms with Crippen LogP contribution in [0, 0.1) is 13.8 Å². The average molecular weight is 498 g/mol. The van der Waals surface area contributed by atoms with E-state index in [1.54, 1.807) is 24.3 Å². The van der Waals surface area contributed by atoms with Crippen molar-refractivity contribution in [3.05, 3.63) is 94.1 Å². The van der Waals surface area contributed by atoms with Crippen LogP contribution in [0.4, 0.5) is 5.95 Å². The van der Waals surface area contributed by atoms with Crippen LogP contribution < -0.4 is 9.64 Å². The second kappa shape index (κ2) is 8.94. The van der Waals surface area contributed by atoms with Crippen LogP contribution >= 0.6 is 0 Å². The fraction of sp³-hybridized carbons (Fsp3) is 0.143. The van der Waals surface area contributed by atoms with E-state index in [2.05, 4.69) is 9.97 Å². The summed E-state index contributed by atoms with van der Waals surface area (Å²) in [6.07, 6.45) is 0. The highest BCUT2D eigenvalue weighted by Crippen LogP contribution is 2.43. The first-order chi connectivity index (χ1) is 17.7. The first kappa shape index (κ1) is 23.8. The molecule has 9 nitrogen and oxygen atoms in total. The van der Waals surface area contributed by atoms with Gasteiger partial charge in [0.15, 0.2) is 0 Å². The number of nitrogens with zero attached hydrogens (tertiary/aromatic N) is 2. The van der Waals surface area contributed by atoms with Crippen LogP contribution in [0.5, 0.6) is 5.75 Å². The molecule has 4 aromatic rings. The number of ether oxygens (including phenoxy) is 1. The van der Waals surface area contributed by atoms with Gasteiger partial charge in [-0.25, -0.2) is 9.78 Å². The monoisotopic (exact) mass is 497 g/mol. The molecule has 1 aliphatic heterocycles. The Morgan fingerprint density at radius 2 is 1.76 bits per heavy atom. The number of anilines is 1. The number of H-pyrrole nitrogens is 1. The molecule has 0 radical (unpaired) electrons. The van der Waals surface area contributed by atoms with Crippen LogP contribution in [-0.2, 0) is 9.59 Å². The van der Waals surface area contributed by atoms with Crippen molar-refractivity contribution in [2.45, 2.75) is 19.9 Å². The summed E-state index contributed by atoms with van der Waals surface area (Å²) in [5.74, 6) is -2.82.